The summed E-state index contributed by atoms with van der Waals surface area (Å²) in [5.41, 5.74) is 6.94. The van der Waals surface area contributed by atoms with Crippen molar-refractivity contribution in [2.24, 2.45) is 0 Å². The normalized spacial score (nSPS) is 23.2. The van der Waals surface area contributed by atoms with E-state index in [1.165, 1.54) is 6.42 Å². The minimum atomic E-state index is -0.0188. The number of carbonyl (C=O) groups is 1. The first-order valence-corrected chi connectivity index (χ1v) is 6.81. The van der Waals surface area contributed by atoms with Crippen molar-refractivity contribution in [3.8, 4) is 5.75 Å². The fraction of sp³-hybridized carbons (Fsp3) is 0.533. The molecule has 4 heteroatoms. The highest BCUT2D eigenvalue weighted by Crippen LogP contribution is 2.30. The second-order valence-electron chi connectivity index (χ2n) is 5.27. The highest BCUT2D eigenvalue weighted by atomic mass is 16.5. The number of rotatable bonds is 2. The van der Waals surface area contributed by atoms with Crippen molar-refractivity contribution in [2.45, 2.75) is 45.2 Å². The van der Waals surface area contributed by atoms with Gasteiger partial charge in [-0.15, -0.1) is 0 Å². The Labute approximate surface area is 114 Å². The molecule has 1 amide bonds. The van der Waals surface area contributed by atoms with Gasteiger partial charge in [-0.1, -0.05) is 6.07 Å². The van der Waals surface area contributed by atoms with E-state index in [9.17, 15) is 4.79 Å². The molecular formula is C15H22N2O2. The number of nitrogens with zero attached hydrogens (tertiary/aromatic N) is 1. The molecule has 2 atom stereocenters. The Balaban J connectivity index is 2.38. The van der Waals surface area contributed by atoms with Crippen molar-refractivity contribution < 1.29 is 9.53 Å². The second kappa shape index (κ2) is 5.51. The first-order valence-electron chi connectivity index (χ1n) is 6.81. The van der Waals surface area contributed by atoms with Gasteiger partial charge in [0.05, 0.1) is 7.11 Å². The first-order chi connectivity index (χ1) is 9.06. The molecule has 4 nitrogen and oxygen atoms in total. The van der Waals surface area contributed by atoms with E-state index in [4.69, 9.17) is 10.5 Å². The quantitative estimate of drug-likeness (QED) is 0.834. The Kier molecular flexibility index (Phi) is 3.98. The molecule has 0 aromatic heterocycles. The molecule has 2 rings (SSSR count). The molecule has 0 saturated carbocycles. The van der Waals surface area contributed by atoms with Gasteiger partial charge in [-0.25, -0.2) is 0 Å². The molecule has 0 bridgehead atoms. The highest BCUT2D eigenvalue weighted by molar-refractivity contribution is 6.02. The van der Waals surface area contributed by atoms with Gasteiger partial charge >= 0.3 is 0 Å². The third-order valence-electron chi connectivity index (χ3n) is 3.92. The molecule has 1 heterocycles. The van der Waals surface area contributed by atoms with Crippen LogP contribution in [0.5, 0.6) is 5.75 Å². The zero-order valence-electron chi connectivity index (χ0n) is 11.8. The molecular weight excluding hydrogens is 240 g/mol. The average molecular weight is 262 g/mol. The van der Waals surface area contributed by atoms with Crippen LogP contribution in [0.2, 0.25) is 0 Å². The van der Waals surface area contributed by atoms with E-state index in [1.807, 2.05) is 4.90 Å². The summed E-state index contributed by atoms with van der Waals surface area (Å²) in [7, 11) is 1.56. The van der Waals surface area contributed by atoms with Crippen LogP contribution in [0, 0.1) is 0 Å². The van der Waals surface area contributed by atoms with Gasteiger partial charge in [0, 0.05) is 17.8 Å². The van der Waals surface area contributed by atoms with E-state index < -0.39 is 0 Å². The van der Waals surface area contributed by atoms with Crippen LogP contribution in [0.3, 0.4) is 0 Å². The summed E-state index contributed by atoms with van der Waals surface area (Å²) in [5.74, 6) is 0.532. The molecule has 1 aliphatic heterocycles. The van der Waals surface area contributed by atoms with Crippen molar-refractivity contribution in [3.63, 3.8) is 0 Å². The van der Waals surface area contributed by atoms with Crippen LogP contribution in [0.4, 0.5) is 5.69 Å². The SMILES string of the molecule is COc1cccc(N)c1C(=O)N1[C@H](C)CCC[C@@H]1C. The third-order valence-corrected chi connectivity index (χ3v) is 3.92. The number of methoxy groups -OCH3 is 1. The zero-order valence-corrected chi connectivity index (χ0v) is 11.8. The Morgan fingerprint density at radius 1 is 1.32 bits per heavy atom. The molecule has 0 spiro atoms. The number of hydrogen-bond acceptors (Lipinski definition) is 3. The molecule has 19 heavy (non-hydrogen) atoms. The summed E-state index contributed by atoms with van der Waals surface area (Å²) in [6, 6.07) is 5.83. The third kappa shape index (κ3) is 2.53. The standard InChI is InChI=1S/C15H22N2O2/c1-10-6-4-7-11(2)17(10)15(18)14-12(16)8-5-9-13(14)19-3/h5,8-11H,4,6-7,16H2,1-3H3/t10-,11+. The van der Waals surface area contributed by atoms with Gasteiger partial charge in [0.2, 0.25) is 0 Å². The number of benzene rings is 1. The minimum Gasteiger partial charge on any atom is -0.496 e. The van der Waals surface area contributed by atoms with Crippen LogP contribution in [-0.4, -0.2) is 30.0 Å². The van der Waals surface area contributed by atoms with E-state index >= 15 is 0 Å². The lowest BCUT2D eigenvalue weighted by Crippen LogP contribution is -2.47. The number of anilines is 1. The monoisotopic (exact) mass is 262 g/mol. The molecule has 1 saturated heterocycles. The summed E-state index contributed by atoms with van der Waals surface area (Å²) in [6.07, 6.45) is 3.27. The summed E-state index contributed by atoms with van der Waals surface area (Å²) in [6.45, 7) is 4.19. The van der Waals surface area contributed by atoms with E-state index in [0.717, 1.165) is 12.8 Å². The van der Waals surface area contributed by atoms with Crippen LogP contribution >= 0.6 is 0 Å². The number of carbonyl (C=O) groups excluding carboxylic acids is 1. The van der Waals surface area contributed by atoms with Crippen molar-refractivity contribution in [1.82, 2.24) is 4.90 Å². The molecule has 1 aromatic carbocycles. The fourth-order valence-electron chi connectivity index (χ4n) is 2.90. The molecule has 1 aliphatic rings. The van der Waals surface area contributed by atoms with Gasteiger partial charge in [-0.2, -0.15) is 0 Å². The van der Waals surface area contributed by atoms with Gasteiger partial charge < -0.3 is 15.4 Å². The lowest BCUT2D eigenvalue weighted by atomic mass is 9.96. The van der Waals surface area contributed by atoms with E-state index in [1.54, 1.807) is 25.3 Å². The van der Waals surface area contributed by atoms with E-state index in [0.29, 0.717) is 17.0 Å². The molecule has 0 aliphatic carbocycles. The zero-order chi connectivity index (χ0) is 14.0. The van der Waals surface area contributed by atoms with Crippen LogP contribution < -0.4 is 10.5 Å². The first kappa shape index (κ1) is 13.7. The maximum absolute atomic E-state index is 12.8. The Hall–Kier alpha value is -1.71. The van der Waals surface area contributed by atoms with Gasteiger partial charge in [0.1, 0.15) is 11.3 Å². The number of hydrogen-bond donors (Lipinski definition) is 1. The number of ether oxygens (including phenoxy) is 1. The number of amides is 1. The maximum Gasteiger partial charge on any atom is 0.260 e. The predicted molar refractivity (Wildman–Crippen MR) is 76.4 cm³/mol. The number of nitrogens with two attached hydrogens (primary N) is 1. The summed E-state index contributed by atoms with van der Waals surface area (Å²) >= 11 is 0. The summed E-state index contributed by atoms with van der Waals surface area (Å²) in [4.78, 5) is 14.7. The molecule has 0 radical (unpaired) electrons. The Bertz CT molecular complexity index is 463. The number of nitrogen functional groups attached to an aromatic ring is 1. The largest absolute Gasteiger partial charge is 0.496 e. The van der Waals surface area contributed by atoms with Gasteiger partial charge in [-0.05, 0) is 45.2 Å². The van der Waals surface area contributed by atoms with Crippen LogP contribution in [0.25, 0.3) is 0 Å². The molecule has 0 unspecified atom stereocenters. The van der Waals surface area contributed by atoms with Gasteiger partial charge in [0.15, 0.2) is 0 Å². The maximum atomic E-state index is 12.8. The van der Waals surface area contributed by atoms with Crippen LogP contribution in [0.15, 0.2) is 18.2 Å². The summed E-state index contributed by atoms with van der Waals surface area (Å²) in [5, 5.41) is 0. The molecule has 2 N–H and O–H groups in total. The Morgan fingerprint density at radius 3 is 2.53 bits per heavy atom. The highest BCUT2D eigenvalue weighted by Gasteiger charge is 2.32. The lowest BCUT2D eigenvalue weighted by Gasteiger charge is -2.39. The minimum absolute atomic E-state index is 0.0188. The van der Waals surface area contributed by atoms with Gasteiger partial charge in [-0.3, -0.25) is 4.79 Å². The van der Waals surface area contributed by atoms with Crippen molar-refractivity contribution in [1.29, 1.82) is 0 Å². The molecule has 1 fully saturated rings. The van der Waals surface area contributed by atoms with Crippen LogP contribution in [-0.2, 0) is 0 Å². The van der Waals surface area contributed by atoms with E-state index in [2.05, 4.69) is 13.8 Å². The average Bonchev–Trinajstić information content (AvgIpc) is 2.37. The topological polar surface area (TPSA) is 55.6 Å². The second-order valence-corrected chi connectivity index (χ2v) is 5.27. The van der Waals surface area contributed by atoms with E-state index in [-0.39, 0.29) is 18.0 Å². The van der Waals surface area contributed by atoms with Crippen molar-refractivity contribution in [3.05, 3.63) is 23.8 Å². The van der Waals surface area contributed by atoms with Crippen molar-refractivity contribution in [2.75, 3.05) is 12.8 Å². The molecule has 104 valence electrons. The predicted octanol–water partition coefficient (Wildman–Crippen LogP) is 2.68. The number of likely N-dealkylation sites (tertiary alicyclic amines) is 1. The lowest BCUT2D eigenvalue weighted by molar-refractivity contribution is 0.0508. The smallest absolute Gasteiger partial charge is 0.260 e. The Morgan fingerprint density at radius 2 is 1.95 bits per heavy atom. The van der Waals surface area contributed by atoms with Crippen LogP contribution in [0.1, 0.15) is 43.5 Å². The van der Waals surface area contributed by atoms with Gasteiger partial charge in [0.25, 0.3) is 5.91 Å². The fourth-order valence-corrected chi connectivity index (χ4v) is 2.90. The molecule has 1 aromatic rings. The number of piperidine rings is 1. The van der Waals surface area contributed by atoms with Crippen molar-refractivity contribution >= 4 is 11.6 Å². The summed E-state index contributed by atoms with van der Waals surface area (Å²) < 4.78 is 5.28.